The maximum Gasteiger partial charge on any atom is 0.102 e. The molecule has 1 aliphatic heterocycles. The van der Waals surface area contributed by atoms with Crippen molar-refractivity contribution in [2.45, 2.75) is 25.8 Å². The molecular weight excluding hydrogens is 222 g/mol. The van der Waals surface area contributed by atoms with Crippen molar-refractivity contribution in [1.29, 1.82) is 5.26 Å². The standard InChI is InChI=1S/C15H17N3/c16-10-14-13(11-17-7-3-1-4-8-17)12-18-9-5-2-6-15(14)18/h2,5-6,9,12H,1,3-4,7-8,11H2. The summed E-state index contributed by atoms with van der Waals surface area (Å²) in [5.74, 6) is 0. The molecular formula is C15H17N3. The molecule has 0 aromatic carbocycles. The molecule has 18 heavy (non-hydrogen) atoms. The average Bonchev–Trinajstić information content (AvgIpc) is 2.77. The number of piperidine rings is 1. The predicted octanol–water partition coefficient (Wildman–Crippen LogP) is 2.80. The van der Waals surface area contributed by atoms with Gasteiger partial charge in [0.25, 0.3) is 0 Å². The minimum atomic E-state index is 0.834. The summed E-state index contributed by atoms with van der Waals surface area (Å²) in [6, 6.07) is 8.36. The fourth-order valence-corrected chi connectivity index (χ4v) is 2.78. The summed E-state index contributed by atoms with van der Waals surface area (Å²) < 4.78 is 2.05. The van der Waals surface area contributed by atoms with Crippen LogP contribution in [0, 0.1) is 11.3 Å². The average molecular weight is 239 g/mol. The number of aromatic nitrogens is 1. The zero-order valence-electron chi connectivity index (χ0n) is 10.5. The van der Waals surface area contributed by atoms with Crippen LogP contribution in [-0.4, -0.2) is 22.4 Å². The Hall–Kier alpha value is -1.79. The highest BCUT2D eigenvalue weighted by molar-refractivity contribution is 5.65. The lowest BCUT2D eigenvalue weighted by Crippen LogP contribution is -2.29. The van der Waals surface area contributed by atoms with E-state index in [4.69, 9.17) is 0 Å². The lowest BCUT2D eigenvalue weighted by atomic mass is 10.1. The molecule has 2 aromatic rings. The van der Waals surface area contributed by atoms with Crippen LogP contribution >= 0.6 is 0 Å². The van der Waals surface area contributed by atoms with Crippen LogP contribution in [0.1, 0.15) is 30.4 Å². The van der Waals surface area contributed by atoms with Crippen LogP contribution < -0.4 is 0 Å². The van der Waals surface area contributed by atoms with Crippen molar-refractivity contribution >= 4 is 5.52 Å². The second-order valence-corrected chi connectivity index (χ2v) is 4.97. The minimum Gasteiger partial charge on any atom is -0.322 e. The molecule has 0 spiro atoms. The van der Waals surface area contributed by atoms with E-state index in [1.807, 2.05) is 24.4 Å². The van der Waals surface area contributed by atoms with Crippen LogP contribution in [0.4, 0.5) is 0 Å². The van der Waals surface area contributed by atoms with E-state index in [2.05, 4.69) is 21.6 Å². The highest BCUT2D eigenvalue weighted by atomic mass is 15.1. The molecule has 3 nitrogen and oxygen atoms in total. The monoisotopic (exact) mass is 239 g/mol. The first-order chi connectivity index (χ1) is 8.88. The molecule has 3 rings (SSSR count). The SMILES string of the molecule is N#Cc1c(CN2CCCCC2)cn2ccccc12. The number of rotatable bonds is 2. The quantitative estimate of drug-likeness (QED) is 0.807. The van der Waals surface area contributed by atoms with Gasteiger partial charge < -0.3 is 4.40 Å². The van der Waals surface area contributed by atoms with E-state index in [0.717, 1.165) is 36.3 Å². The highest BCUT2D eigenvalue weighted by Gasteiger charge is 2.15. The molecule has 1 saturated heterocycles. The maximum atomic E-state index is 9.35. The zero-order chi connectivity index (χ0) is 12.4. The Balaban J connectivity index is 1.93. The molecule has 1 aliphatic rings. The van der Waals surface area contributed by atoms with Crippen LogP contribution in [0.5, 0.6) is 0 Å². The summed E-state index contributed by atoms with van der Waals surface area (Å²) in [6.07, 6.45) is 8.03. The van der Waals surface area contributed by atoms with E-state index < -0.39 is 0 Å². The van der Waals surface area contributed by atoms with Crippen molar-refractivity contribution < 1.29 is 0 Å². The van der Waals surface area contributed by atoms with Gasteiger partial charge in [0.1, 0.15) is 6.07 Å². The molecule has 3 heteroatoms. The molecule has 3 heterocycles. The van der Waals surface area contributed by atoms with Gasteiger partial charge in [0.2, 0.25) is 0 Å². The Labute approximate surface area is 107 Å². The summed E-state index contributed by atoms with van der Waals surface area (Å²) in [4.78, 5) is 2.46. The Morgan fingerprint density at radius 3 is 2.78 bits per heavy atom. The Kier molecular flexibility index (Phi) is 3.04. The van der Waals surface area contributed by atoms with Crippen LogP contribution in [0.25, 0.3) is 5.52 Å². The number of hydrogen-bond donors (Lipinski definition) is 0. The van der Waals surface area contributed by atoms with E-state index in [1.165, 1.54) is 19.3 Å². The Morgan fingerprint density at radius 2 is 2.00 bits per heavy atom. The van der Waals surface area contributed by atoms with Crippen molar-refractivity contribution in [1.82, 2.24) is 9.30 Å². The number of hydrogen-bond acceptors (Lipinski definition) is 2. The van der Waals surface area contributed by atoms with Gasteiger partial charge in [-0.3, -0.25) is 4.90 Å². The third-order valence-electron chi connectivity index (χ3n) is 3.72. The molecule has 92 valence electrons. The number of pyridine rings is 1. The normalized spacial score (nSPS) is 16.8. The molecule has 0 saturated carbocycles. The third kappa shape index (κ3) is 2.00. The second-order valence-electron chi connectivity index (χ2n) is 4.97. The van der Waals surface area contributed by atoms with E-state index in [-0.39, 0.29) is 0 Å². The van der Waals surface area contributed by atoms with Gasteiger partial charge in [-0.05, 0) is 38.1 Å². The zero-order valence-corrected chi connectivity index (χ0v) is 10.5. The summed E-state index contributed by atoms with van der Waals surface area (Å²) in [5.41, 5.74) is 3.01. The molecule has 2 aromatic heterocycles. The van der Waals surface area contributed by atoms with Gasteiger partial charge in [-0.15, -0.1) is 0 Å². The van der Waals surface area contributed by atoms with Gasteiger partial charge >= 0.3 is 0 Å². The van der Waals surface area contributed by atoms with Crippen LogP contribution in [-0.2, 0) is 6.54 Å². The van der Waals surface area contributed by atoms with Gasteiger partial charge in [0, 0.05) is 24.5 Å². The first-order valence-electron chi connectivity index (χ1n) is 6.59. The van der Waals surface area contributed by atoms with Gasteiger partial charge in [-0.1, -0.05) is 12.5 Å². The van der Waals surface area contributed by atoms with Crippen LogP contribution in [0.2, 0.25) is 0 Å². The van der Waals surface area contributed by atoms with Crippen LogP contribution in [0.3, 0.4) is 0 Å². The predicted molar refractivity (Wildman–Crippen MR) is 71.2 cm³/mol. The highest BCUT2D eigenvalue weighted by Crippen LogP contribution is 2.21. The lowest BCUT2D eigenvalue weighted by Gasteiger charge is -2.26. The number of fused-ring (bicyclic) bond motifs is 1. The summed E-state index contributed by atoms with van der Waals surface area (Å²) >= 11 is 0. The lowest BCUT2D eigenvalue weighted by molar-refractivity contribution is 0.221. The van der Waals surface area contributed by atoms with Gasteiger partial charge in [0.05, 0.1) is 11.1 Å². The maximum absolute atomic E-state index is 9.35. The molecule has 0 bridgehead atoms. The van der Waals surface area contributed by atoms with Crippen molar-refractivity contribution in [3.63, 3.8) is 0 Å². The fraction of sp³-hybridized carbons (Fsp3) is 0.400. The molecule has 0 N–H and O–H groups in total. The smallest absolute Gasteiger partial charge is 0.102 e. The first-order valence-corrected chi connectivity index (χ1v) is 6.59. The number of nitriles is 1. The second kappa shape index (κ2) is 4.83. The molecule has 0 atom stereocenters. The minimum absolute atomic E-state index is 0.834. The van der Waals surface area contributed by atoms with E-state index in [1.54, 1.807) is 0 Å². The summed E-state index contributed by atoms with van der Waals surface area (Å²) in [7, 11) is 0. The fourth-order valence-electron chi connectivity index (χ4n) is 2.78. The molecule has 0 radical (unpaired) electrons. The third-order valence-corrected chi connectivity index (χ3v) is 3.72. The van der Waals surface area contributed by atoms with Gasteiger partial charge in [-0.2, -0.15) is 5.26 Å². The Bertz CT molecular complexity index is 585. The number of likely N-dealkylation sites (tertiary alicyclic amines) is 1. The van der Waals surface area contributed by atoms with Crippen molar-refractivity contribution in [2.24, 2.45) is 0 Å². The molecule has 1 fully saturated rings. The summed E-state index contributed by atoms with van der Waals surface area (Å²) in [6.45, 7) is 3.23. The topological polar surface area (TPSA) is 31.4 Å². The Morgan fingerprint density at radius 1 is 1.17 bits per heavy atom. The van der Waals surface area contributed by atoms with E-state index in [9.17, 15) is 5.26 Å². The van der Waals surface area contributed by atoms with Crippen molar-refractivity contribution in [2.75, 3.05) is 13.1 Å². The molecule has 0 unspecified atom stereocenters. The van der Waals surface area contributed by atoms with Crippen molar-refractivity contribution in [3.8, 4) is 6.07 Å². The van der Waals surface area contributed by atoms with E-state index in [0.29, 0.717) is 0 Å². The molecule has 0 amide bonds. The molecule has 0 aliphatic carbocycles. The number of nitrogens with zero attached hydrogens (tertiary/aromatic N) is 3. The van der Waals surface area contributed by atoms with Crippen molar-refractivity contribution in [3.05, 3.63) is 41.7 Å². The van der Waals surface area contributed by atoms with Crippen LogP contribution in [0.15, 0.2) is 30.6 Å². The summed E-state index contributed by atoms with van der Waals surface area (Å²) in [5, 5.41) is 9.35. The largest absolute Gasteiger partial charge is 0.322 e. The van der Waals surface area contributed by atoms with Gasteiger partial charge in [-0.25, -0.2) is 0 Å². The van der Waals surface area contributed by atoms with Gasteiger partial charge in [0.15, 0.2) is 0 Å². The first kappa shape index (κ1) is 11.3. The van der Waals surface area contributed by atoms with E-state index >= 15 is 0 Å².